The molecule has 0 radical (unpaired) electrons. The van der Waals surface area contributed by atoms with Crippen molar-refractivity contribution in [2.75, 3.05) is 13.2 Å². The summed E-state index contributed by atoms with van der Waals surface area (Å²) in [6, 6.07) is 6.77. The van der Waals surface area contributed by atoms with Gasteiger partial charge in [0.1, 0.15) is 36.2 Å². The number of hydrogen-bond acceptors (Lipinski definition) is 4. The number of hydrogen-bond donors (Lipinski definition) is 2. The molecule has 0 heterocycles. The van der Waals surface area contributed by atoms with Crippen molar-refractivity contribution in [1.29, 1.82) is 0 Å². The van der Waals surface area contributed by atoms with E-state index in [4.69, 9.17) is 19.7 Å². The molecule has 0 spiro atoms. The van der Waals surface area contributed by atoms with Crippen molar-refractivity contribution in [2.24, 2.45) is 0 Å². The molecular formula is C12H14O4. The predicted molar refractivity (Wildman–Crippen MR) is 61.0 cm³/mol. The zero-order chi connectivity index (χ0) is 12.0. The Morgan fingerprint density at radius 1 is 0.875 bits per heavy atom. The Kier molecular flexibility index (Phi) is 4.27. The summed E-state index contributed by atoms with van der Waals surface area (Å²) >= 11 is 0. The van der Waals surface area contributed by atoms with E-state index in [9.17, 15) is 0 Å². The van der Waals surface area contributed by atoms with Gasteiger partial charge in [-0.1, -0.05) is 13.2 Å². The molecule has 0 saturated carbocycles. The number of aliphatic hydroxyl groups excluding tert-OH is 2. The second-order valence-corrected chi connectivity index (χ2v) is 3.18. The van der Waals surface area contributed by atoms with Crippen LogP contribution in [0.15, 0.2) is 48.9 Å². The zero-order valence-electron chi connectivity index (χ0n) is 8.85. The summed E-state index contributed by atoms with van der Waals surface area (Å²) in [5, 5.41) is 17.7. The van der Waals surface area contributed by atoms with Gasteiger partial charge in [0.05, 0.1) is 0 Å². The molecule has 2 N–H and O–H groups in total. The molecule has 86 valence electrons. The van der Waals surface area contributed by atoms with Gasteiger partial charge in [-0.05, 0) is 24.3 Å². The van der Waals surface area contributed by atoms with Crippen LogP contribution in [0.2, 0.25) is 0 Å². The second-order valence-electron chi connectivity index (χ2n) is 3.18. The third-order valence-corrected chi connectivity index (χ3v) is 1.63. The van der Waals surface area contributed by atoms with Crippen LogP contribution >= 0.6 is 0 Å². The maximum absolute atomic E-state index is 8.83. The van der Waals surface area contributed by atoms with Gasteiger partial charge in [-0.15, -0.1) is 0 Å². The Balaban J connectivity index is 2.47. The molecule has 0 bridgehead atoms. The normalized spacial score (nSPS) is 9.50. The average molecular weight is 222 g/mol. The first-order chi connectivity index (χ1) is 7.58. The molecule has 1 aromatic carbocycles. The molecule has 0 atom stereocenters. The van der Waals surface area contributed by atoms with Crippen LogP contribution in [0.5, 0.6) is 11.5 Å². The lowest BCUT2D eigenvalue weighted by atomic mass is 10.3. The summed E-state index contributed by atoms with van der Waals surface area (Å²) in [7, 11) is 0. The van der Waals surface area contributed by atoms with Crippen molar-refractivity contribution >= 4 is 0 Å². The van der Waals surface area contributed by atoms with Crippen LogP contribution in [0.3, 0.4) is 0 Å². The van der Waals surface area contributed by atoms with Crippen LogP contribution in [0.4, 0.5) is 0 Å². The predicted octanol–water partition coefficient (Wildman–Crippen LogP) is 2.59. The van der Waals surface area contributed by atoms with E-state index in [-0.39, 0.29) is 24.7 Å². The lowest BCUT2D eigenvalue weighted by Gasteiger charge is -2.07. The molecule has 1 rings (SSSR count). The molecule has 0 saturated heterocycles. The number of benzene rings is 1. The van der Waals surface area contributed by atoms with Gasteiger partial charge in [0.15, 0.2) is 0 Å². The summed E-state index contributed by atoms with van der Waals surface area (Å²) < 4.78 is 10.4. The van der Waals surface area contributed by atoms with Crippen LogP contribution in [0, 0.1) is 0 Å². The van der Waals surface area contributed by atoms with Crippen molar-refractivity contribution < 1.29 is 19.7 Å². The summed E-state index contributed by atoms with van der Waals surface area (Å²) in [6.07, 6.45) is 0. The topological polar surface area (TPSA) is 58.9 Å². The van der Waals surface area contributed by atoms with Gasteiger partial charge >= 0.3 is 0 Å². The smallest absolute Gasteiger partial charge is 0.144 e. The van der Waals surface area contributed by atoms with Crippen LogP contribution in [0.1, 0.15) is 0 Å². The summed E-state index contributed by atoms with van der Waals surface area (Å²) in [5.74, 6) is 1.14. The zero-order valence-corrected chi connectivity index (χ0v) is 8.85. The van der Waals surface area contributed by atoms with Crippen molar-refractivity contribution in [1.82, 2.24) is 0 Å². The highest BCUT2D eigenvalue weighted by Gasteiger charge is 1.98. The molecule has 0 aromatic heterocycles. The minimum absolute atomic E-state index is 0.0306. The number of ether oxygens (including phenoxy) is 2. The van der Waals surface area contributed by atoms with E-state index in [0.717, 1.165) is 0 Å². The van der Waals surface area contributed by atoms with Gasteiger partial charge in [0, 0.05) is 0 Å². The maximum Gasteiger partial charge on any atom is 0.144 e. The van der Waals surface area contributed by atoms with Gasteiger partial charge in [0.25, 0.3) is 0 Å². The van der Waals surface area contributed by atoms with E-state index in [0.29, 0.717) is 11.5 Å². The average Bonchev–Trinajstić information content (AvgIpc) is 2.25. The Morgan fingerprint density at radius 2 is 1.19 bits per heavy atom. The first kappa shape index (κ1) is 12.0. The minimum atomic E-state index is -0.0306. The standard InChI is InChI=1S/C12H14O4/c1-9(13)7-15-11-3-5-12(6-4-11)16-8-10(2)14/h3-6,13-14H,1-2,7-8H2. The molecule has 0 unspecified atom stereocenters. The van der Waals surface area contributed by atoms with Crippen LogP contribution in [-0.4, -0.2) is 23.4 Å². The van der Waals surface area contributed by atoms with Crippen LogP contribution in [0.25, 0.3) is 0 Å². The van der Waals surface area contributed by atoms with Gasteiger partial charge in [-0.2, -0.15) is 0 Å². The van der Waals surface area contributed by atoms with E-state index in [1.54, 1.807) is 24.3 Å². The molecule has 0 amide bonds. The van der Waals surface area contributed by atoms with E-state index in [1.807, 2.05) is 0 Å². The molecule has 4 heteroatoms. The van der Waals surface area contributed by atoms with E-state index in [2.05, 4.69) is 13.2 Å². The van der Waals surface area contributed by atoms with Crippen LogP contribution < -0.4 is 9.47 Å². The van der Waals surface area contributed by atoms with Gasteiger partial charge < -0.3 is 19.7 Å². The largest absolute Gasteiger partial charge is 0.509 e. The van der Waals surface area contributed by atoms with E-state index in [1.165, 1.54) is 0 Å². The highest BCUT2D eigenvalue weighted by Crippen LogP contribution is 2.18. The van der Waals surface area contributed by atoms with Crippen molar-refractivity contribution in [3.05, 3.63) is 48.9 Å². The highest BCUT2D eigenvalue weighted by molar-refractivity contribution is 5.31. The Labute approximate surface area is 94.1 Å². The summed E-state index contributed by atoms with van der Waals surface area (Å²) in [5.41, 5.74) is 0. The Morgan fingerprint density at radius 3 is 1.44 bits per heavy atom. The fourth-order valence-electron chi connectivity index (χ4n) is 0.965. The maximum atomic E-state index is 8.83. The SMILES string of the molecule is C=C(O)COc1ccc(OCC(=C)O)cc1. The first-order valence-electron chi connectivity index (χ1n) is 4.67. The highest BCUT2D eigenvalue weighted by atomic mass is 16.5. The Hall–Kier alpha value is -2.10. The molecule has 0 fully saturated rings. The molecule has 0 aliphatic carbocycles. The lowest BCUT2D eigenvalue weighted by Crippen LogP contribution is -2.00. The van der Waals surface area contributed by atoms with Gasteiger partial charge in [0.2, 0.25) is 0 Å². The molecule has 16 heavy (non-hydrogen) atoms. The number of aliphatic hydroxyl groups is 2. The third-order valence-electron chi connectivity index (χ3n) is 1.63. The minimum Gasteiger partial charge on any atom is -0.509 e. The van der Waals surface area contributed by atoms with Crippen molar-refractivity contribution in [3.63, 3.8) is 0 Å². The lowest BCUT2D eigenvalue weighted by molar-refractivity contribution is 0.267. The van der Waals surface area contributed by atoms with Gasteiger partial charge in [-0.25, -0.2) is 0 Å². The Bertz CT molecular complexity index is 330. The molecule has 1 aromatic rings. The monoisotopic (exact) mass is 222 g/mol. The fraction of sp³-hybridized carbons (Fsp3) is 0.167. The summed E-state index contributed by atoms with van der Waals surface area (Å²) in [4.78, 5) is 0. The third kappa shape index (κ3) is 4.41. The van der Waals surface area contributed by atoms with E-state index < -0.39 is 0 Å². The molecule has 0 aliphatic rings. The number of rotatable bonds is 6. The molecule has 4 nitrogen and oxygen atoms in total. The van der Waals surface area contributed by atoms with Crippen molar-refractivity contribution in [2.45, 2.75) is 0 Å². The van der Waals surface area contributed by atoms with E-state index >= 15 is 0 Å². The quantitative estimate of drug-likeness (QED) is 0.726. The van der Waals surface area contributed by atoms with Crippen LogP contribution in [-0.2, 0) is 0 Å². The second kappa shape index (κ2) is 5.70. The molecular weight excluding hydrogens is 208 g/mol. The van der Waals surface area contributed by atoms with Crippen molar-refractivity contribution in [3.8, 4) is 11.5 Å². The van der Waals surface area contributed by atoms with Gasteiger partial charge in [-0.3, -0.25) is 0 Å². The summed E-state index contributed by atoms with van der Waals surface area (Å²) in [6.45, 7) is 6.74. The first-order valence-corrected chi connectivity index (χ1v) is 4.67. The molecule has 0 aliphatic heterocycles. The fourth-order valence-corrected chi connectivity index (χ4v) is 0.965.